The van der Waals surface area contributed by atoms with Crippen molar-refractivity contribution in [3.8, 4) is 0 Å². The van der Waals surface area contributed by atoms with Gasteiger partial charge in [0.1, 0.15) is 5.58 Å². The van der Waals surface area contributed by atoms with Crippen LogP contribution in [0.3, 0.4) is 0 Å². The summed E-state index contributed by atoms with van der Waals surface area (Å²) in [6.45, 7) is 7.45. The average molecular weight is 305 g/mol. The molecule has 0 fully saturated rings. The van der Waals surface area contributed by atoms with Crippen molar-refractivity contribution in [2.24, 2.45) is 0 Å². The zero-order valence-corrected chi connectivity index (χ0v) is 12.2. The maximum atomic E-state index is 12.6. The van der Waals surface area contributed by atoms with E-state index in [-0.39, 0.29) is 23.6 Å². The number of nitrogens with zero attached hydrogens (tertiary/aromatic N) is 1. The Morgan fingerprint density at radius 3 is 2.33 bits per heavy atom. The van der Waals surface area contributed by atoms with Gasteiger partial charge in [0, 0.05) is 30.6 Å². The Balaban J connectivity index is 2.55. The number of hydrogen-bond acceptors (Lipinski definition) is 4. The highest BCUT2D eigenvalue weighted by Crippen LogP contribution is 2.21. The minimum Gasteiger partial charge on any atom is -0.423 e. The number of sulfonamides is 1. The monoisotopic (exact) mass is 305 g/mol. The maximum absolute atomic E-state index is 12.6. The average Bonchev–Trinajstić information content (AvgIpc) is 2.46. The molecule has 1 aromatic heterocycles. The van der Waals surface area contributed by atoms with Gasteiger partial charge in [0.05, 0.1) is 4.90 Å². The van der Waals surface area contributed by atoms with E-state index < -0.39 is 15.6 Å². The normalized spacial score (nSPS) is 11.7. The van der Waals surface area contributed by atoms with Gasteiger partial charge in [-0.3, -0.25) is 0 Å². The molecule has 0 aliphatic heterocycles. The summed E-state index contributed by atoms with van der Waals surface area (Å²) in [5.74, 6) is 0. The minimum atomic E-state index is -3.70. The Labute approximate surface area is 122 Å². The molecular formula is C15H15NO4S. The van der Waals surface area contributed by atoms with E-state index in [1.807, 2.05) is 0 Å². The lowest BCUT2D eigenvalue weighted by atomic mass is 10.2. The molecule has 0 N–H and O–H groups in total. The molecule has 0 saturated heterocycles. The van der Waals surface area contributed by atoms with Crippen LogP contribution in [0.5, 0.6) is 0 Å². The van der Waals surface area contributed by atoms with Crippen molar-refractivity contribution in [3.63, 3.8) is 0 Å². The molecule has 0 aliphatic carbocycles. The van der Waals surface area contributed by atoms with Gasteiger partial charge >= 0.3 is 5.63 Å². The van der Waals surface area contributed by atoms with Gasteiger partial charge in [-0.15, -0.1) is 13.2 Å². The maximum Gasteiger partial charge on any atom is 0.336 e. The van der Waals surface area contributed by atoms with E-state index in [9.17, 15) is 13.2 Å². The van der Waals surface area contributed by atoms with E-state index in [2.05, 4.69) is 13.2 Å². The zero-order chi connectivity index (χ0) is 15.5. The first-order chi connectivity index (χ1) is 9.98. The Hall–Kier alpha value is -2.18. The molecule has 2 rings (SSSR count). The lowest BCUT2D eigenvalue weighted by Gasteiger charge is -2.19. The van der Waals surface area contributed by atoms with E-state index in [0.29, 0.717) is 5.39 Å². The van der Waals surface area contributed by atoms with Crippen LogP contribution in [0, 0.1) is 0 Å². The third-order valence-corrected chi connectivity index (χ3v) is 4.73. The molecule has 0 bridgehead atoms. The van der Waals surface area contributed by atoms with Crippen LogP contribution in [0.2, 0.25) is 0 Å². The predicted molar refractivity (Wildman–Crippen MR) is 81.6 cm³/mol. The fraction of sp³-hybridized carbons (Fsp3) is 0.133. The van der Waals surface area contributed by atoms with Crippen LogP contribution in [0.15, 0.2) is 69.7 Å². The SMILES string of the molecule is C=CCN(CC=C)S(=O)(=O)c1ccc2ccc(=O)oc2c1. The highest BCUT2D eigenvalue weighted by molar-refractivity contribution is 7.89. The van der Waals surface area contributed by atoms with Crippen molar-refractivity contribution in [2.45, 2.75) is 4.90 Å². The van der Waals surface area contributed by atoms with E-state index >= 15 is 0 Å². The summed E-state index contributed by atoms with van der Waals surface area (Å²) in [7, 11) is -3.70. The third-order valence-electron chi connectivity index (χ3n) is 2.90. The van der Waals surface area contributed by atoms with Crippen molar-refractivity contribution in [1.29, 1.82) is 0 Å². The van der Waals surface area contributed by atoms with Gasteiger partial charge < -0.3 is 4.42 Å². The topological polar surface area (TPSA) is 67.6 Å². The summed E-state index contributed by atoms with van der Waals surface area (Å²) < 4.78 is 31.4. The largest absolute Gasteiger partial charge is 0.423 e. The fourth-order valence-corrected chi connectivity index (χ4v) is 3.31. The zero-order valence-electron chi connectivity index (χ0n) is 11.4. The van der Waals surface area contributed by atoms with Gasteiger partial charge in [-0.2, -0.15) is 4.31 Å². The first-order valence-electron chi connectivity index (χ1n) is 6.25. The van der Waals surface area contributed by atoms with Crippen LogP contribution < -0.4 is 5.63 Å². The highest BCUT2D eigenvalue weighted by Gasteiger charge is 2.22. The van der Waals surface area contributed by atoms with Gasteiger partial charge in [0.25, 0.3) is 0 Å². The van der Waals surface area contributed by atoms with Gasteiger partial charge in [0.2, 0.25) is 10.0 Å². The molecule has 0 saturated carbocycles. The van der Waals surface area contributed by atoms with Gasteiger partial charge in [-0.05, 0) is 18.2 Å². The van der Waals surface area contributed by atoms with E-state index in [0.717, 1.165) is 0 Å². The van der Waals surface area contributed by atoms with E-state index in [1.165, 1.54) is 34.7 Å². The second-order valence-electron chi connectivity index (χ2n) is 4.35. The Morgan fingerprint density at radius 1 is 1.10 bits per heavy atom. The highest BCUT2D eigenvalue weighted by atomic mass is 32.2. The van der Waals surface area contributed by atoms with Crippen LogP contribution in [-0.2, 0) is 10.0 Å². The molecule has 0 spiro atoms. The first kappa shape index (κ1) is 15.2. The van der Waals surface area contributed by atoms with Crippen molar-refractivity contribution in [1.82, 2.24) is 4.31 Å². The molecule has 0 atom stereocenters. The summed E-state index contributed by atoms with van der Waals surface area (Å²) >= 11 is 0. The molecule has 21 heavy (non-hydrogen) atoms. The Bertz CT molecular complexity index is 826. The van der Waals surface area contributed by atoms with Crippen LogP contribution in [0.25, 0.3) is 11.0 Å². The van der Waals surface area contributed by atoms with Crippen LogP contribution in [0.4, 0.5) is 0 Å². The Morgan fingerprint density at radius 2 is 1.71 bits per heavy atom. The predicted octanol–water partition coefficient (Wildman–Crippen LogP) is 2.16. The molecule has 6 heteroatoms. The second kappa shape index (κ2) is 6.07. The first-order valence-corrected chi connectivity index (χ1v) is 7.69. The standard InChI is InChI=1S/C15H15NO4S/c1-3-9-16(10-4-2)21(18,19)13-7-5-12-6-8-15(17)20-14(12)11-13/h3-8,11H,1-2,9-10H2. The molecule has 0 amide bonds. The second-order valence-corrected chi connectivity index (χ2v) is 6.29. The Kier molecular flexibility index (Phi) is 4.40. The molecule has 0 radical (unpaired) electrons. The molecule has 2 aromatic rings. The number of benzene rings is 1. The number of hydrogen-bond donors (Lipinski definition) is 0. The fourth-order valence-electron chi connectivity index (χ4n) is 1.91. The molecule has 110 valence electrons. The smallest absolute Gasteiger partial charge is 0.336 e. The van der Waals surface area contributed by atoms with Gasteiger partial charge in [-0.1, -0.05) is 12.2 Å². The van der Waals surface area contributed by atoms with Crippen molar-refractivity contribution in [2.75, 3.05) is 13.1 Å². The van der Waals surface area contributed by atoms with E-state index in [4.69, 9.17) is 4.42 Å². The third kappa shape index (κ3) is 3.12. The summed E-state index contributed by atoms with van der Waals surface area (Å²) in [4.78, 5) is 11.3. The minimum absolute atomic E-state index is 0.0630. The van der Waals surface area contributed by atoms with Crippen molar-refractivity contribution < 1.29 is 12.8 Å². The summed E-state index contributed by atoms with van der Waals surface area (Å²) in [5, 5.41) is 0.660. The van der Waals surface area contributed by atoms with Crippen LogP contribution >= 0.6 is 0 Å². The molecule has 0 aliphatic rings. The van der Waals surface area contributed by atoms with Crippen molar-refractivity contribution >= 4 is 21.0 Å². The molecule has 5 nitrogen and oxygen atoms in total. The number of fused-ring (bicyclic) bond motifs is 1. The van der Waals surface area contributed by atoms with Crippen molar-refractivity contribution in [3.05, 3.63) is 66.1 Å². The summed E-state index contributed by atoms with van der Waals surface area (Å²) in [6, 6.07) is 7.31. The van der Waals surface area contributed by atoms with Crippen LogP contribution in [0.1, 0.15) is 0 Å². The lowest BCUT2D eigenvalue weighted by Crippen LogP contribution is -2.31. The molecule has 1 aromatic carbocycles. The summed E-state index contributed by atoms with van der Waals surface area (Å²) in [6.07, 6.45) is 3.00. The molecular weight excluding hydrogens is 290 g/mol. The van der Waals surface area contributed by atoms with Gasteiger partial charge in [-0.25, -0.2) is 13.2 Å². The summed E-state index contributed by atoms with van der Waals surface area (Å²) in [5.41, 5.74) is -0.285. The lowest BCUT2D eigenvalue weighted by molar-refractivity contribution is 0.474. The van der Waals surface area contributed by atoms with Crippen LogP contribution in [-0.4, -0.2) is 25.8 Å². The quantitative estimate of drug-likeness (QED) is 0.606. The van der Waals surface area contributed by atoms with Gasteiger partial charge in [0.15, 0.2) is 0 Å². The number of rotatable bonds is 6. The molecule has 1 heterocycles. The molecule has 0 unspecified atom stereocenters. The van der Waals surface area contributed by atoms with E-state index in [1.54, 1.807) is 12.1 Å².